The molecule has 0 radical (unpaired) electrons. The van der Waals surface area contributed by atoms with E-state index in [1.54, 1.807) is 23.1 Å². The number of ether oxygens (including phenoxy) is 1. The van der Waals surface area contributed by atoms with Gasteiger partial charge < -0.3 is 10.5 Å². The molecule has 1 heterocycles. The van der Waals surface area contributed by atoms with E-state index in [4.69, 9.17) is 10.5 Å². The van der Waals surface area contributed by atoms with Crippen molar-refractivity contribution in [2.45, 2.75) is 17.6 Å². The molecule has 90 valence electrons. The lowest BCUT2D eigenvalue weighted by Gasteiger charge is -2.08. The molecule has 0 amide bonds. The van der Waals surface area contributed by atoms with Gasteiger partial charge in [0.25, 0.3) is 0 Å². The highest BCUT2D eigenvalue weighted by Gasteiger charge is 2.04. The fourth-order valence-corrected chi connectivity index (χ4v) is 3.00. The zero-order valence-corrected chi connectivity index (χ0v) is 11.2. The van der Waals surface area contributed by atoms with Crippen LogP contribution in [0.4, 0.5) is 5.69 Å². The van der Waals surface area contributed by atoms with Gasteiger partial charge >= 0.3 is 0 Å². The Morgan fingerprint density at radius 2 is 2.35 bits per heavy atom. The summed E-state index contributed by atoms with van der Waals surface area (Å²) in [5.74, 6) is 1.71. The second kappa shape index (κ2) is 5.93. The zero-order chi connectivity index (χ0) is 12.1. The third-order valence-electron chi connectivity index (χ3n) is 2.13. The molecule has 17 heavy (non-hydrogen) atoms. The summed E-state index contributed by atoms with van der Waals surface area (Å²) in [6, 6.07) is 5.76. The first kappa shape index (κ1) is 12.3. The van der Waals surface area contributed by atoms with Gasteiger partial charge in [-0.2, -0.15) is 0 Å². The quantitative estimate of drug-likeness (QED) is 0.665. The summed E-state index contributed by atoms with van der Waals surface area (Å²) < 4.78 is 5.46. The number of nitrogens with two attached hydrogens (primary N) is 1. The molecular weight excluding hydrogens is 252 g/mol. The number of hydrogen-bond acceptors (Lipinski definition) is 5. The molecule has 0 saturated heterocycles. The van der Waals surface area contributed by atoms with E-state index in [1.165, 1.54) is 0 Å². The first-order valence-electron chi connectivity index (χ1n) is 5.33. The van der Waals surface area contributed by atoms with Crippen LogP contribution in [-0.2, 0) is 5.75 Å². The van der Waals surface area contributed by atoms with E-state index in [1.807, 2.05) is 36.7 Å². The lowest BCUT2D eigenvalue weighted by atomic mass is 10.3. The van der Waals surface area contributed by atoms with Gasteiger partial charge in [-0.05, 0) is 25.1 Å². The highest BCUT2D eigenvalue weighted by Crippen LogP contribution is 2.31. The van der Waals surface area contributed by atoms with Gasteiger partial charge in [0, 0.05) is 22.2 Å². The molecular formula is C12H14N2OS2. The van der Waals surface area contributed by atoms with Crippen molar-refractivity contribution in [3.05, 3.63) is 34.8 Å². The Morgan fingerprint density at radius 3 is 3.06 bits per heavy atom. The van der Waals surface area contributed by atoms with Gasteiger partial charge in [-0.1, -0.05) is 0 Å². The minimum absolute atomic E-state index is 0.667. The van der Waals surface area contributed by atoms with Crippen LogP contribution in [-0.4, -0.2) is 11.6 Å². The summed E-state index contributed by atoms with van der Waals surface area (Å²) in [4.78, 5) is 5.29. The Labute approximate surface area is 109 Å². The van der Waals surface area contributed by atoms with Crippen LogP contribution in [0, 0.1) is 0 Å². The van der Waals surface area contributed by atoms with Crippen LogP contribution in [0.15, 0.2) is 34.7 Å². The summed E-state index contributed by atoms with van der Waals surface area (Å²) in [7, 11) is 0. The Hall–Kier alpha value is -1.20. The van der Waals surface area contributed by atoms with Crippen LogP contribution >= 0.6 is 23.1 Å². The predicted octanol–water partition coefficient (Wildman–Crippen LogP) is 3.42. The molecule has 0 bridgehead atoms. The van der Waals surface area contributed by atoms with Gasteiger partial charge in [0.15, 0.2) is 0 Å². The van der Waals surface area contributed by atoms with Crippen LogP contribution < -0.4 is 10.5 Å². The number of nitrogen functional groups attached to an aromatic ring is 1. The van der Waals surface area contributed by atoms with Crippen LogP contribution in [0.1, 0.15) is 11.9 Å². The van der Waals surface area contributed by atoms with Gasteiger partial charge in [0.05, 0.1) is 12.4 Å². The van der Waals surface area contributed by atoms with Gasteiger partial charge in [-0.3, -0.25) is 0 Å². The number of nitrogens with zero attached hydrogens (tertiary/aromatic N) is 1. The summed E-state index contributed by atoms with van der Waals surface area (Å²) in [5.41, 5.74) is 6.72. The fourth-order valence-electron chi connectivity index (χ4n) is 1.36. The van der Waals surface area contributed by atoms with E-state index < -0.39 is 0 Å². The van der Waals surface area contributed by atoms with Crippen LogP contribution in [0.3, 0.4) is 0 Å². The largest absolute Gasteiger partial charge is 0.494 e. The number of thioether (sulfide) groups is 1. The van der Waals surface area contributed by atoms with Crippen molar-refractivity contribution in [3.8, 4) is 5.75 Å². The molecule has 2 aromatic rings. The molecule has 1 aromatic carbocycles. The smallest absolute Gasteiger partial charge is 0.120 e. The molecule has 2 rings (SSSR count). The second-order valence-electron chi connectivity index (χ2n) is 3.35. The number of aromatic nitrogens is 1. The fraction of sp³-hybridized carbons (Fsp3) is 0.250. The van der Waals surface area contributed by atoms with Crippen molar-refractivity contribution in [3.63, 3.8) is 0 Å². The minimum Gasteiger partial charge on any atom is -0.494 e. The molecule has 0 atom stereocenters. The number of anilines is 1. The van der Waals surface area contributed by atoms with Crippen molar-refractivity contribution in [1.82, 2.24) is 4.98 Å². The summed E-state index contributed by atoms with van der Waals surface area (Å²) in [5, 5.41) is 3.09. The summed E-state index contributed by atoms with van der Waals surface area (Å²) in [6.45, 7) is 2.64. The molecule has 0 saturated carbocycles. The standard InChI is InChI=1S/C12H14N2OS2/c1-2-15-9-3-4-10(13)11(7-9)17-8-12-14-5-6-16-12/h3-7H,2,8,13H2,1H3. The van der Waals surface area contributed by atoms with E-state index >= 15 is 0 Å². The monoisotopic (exact) mass is 266 g/mol. The Bertz CT molecular complexity index is 471. The Kier molecular flexibility index (Phi) is 4.28. The van der Waals surface area contributed by atoms with E-state index in [0.29, 0.717) is 6.61 Å². The SMILES string of the molecule is CCOc1ccc(N)c(SCc2nccs2)c1. The maximum Gasteiger partial charge on any atom is 0.120 e. The molecule has 2 N–H and O–H groups in total. The molecule has 0 aliphatic heterocycles. The Morgan fingerprint density at radius 1 is 1.47 bits per heavy atom. The number of rotatable bonds is 5. The van der Waals surface area contributed by atoms with Crippen molar-refractivity contribution in [2.24, 2.45) is 0 Å². The average molecular weight is 266 g/mol. The van der Waals surface area contributed by atoms with E-state index in [2.05, 4.69) is 4.98 Å². The molecule has 0 unspecified atom stereocenters. The number of benzene rings is 1. The molecule has 0 spiro atoms. The highest BCUT2D eigenvalue weighted by atomic mass is 32.2. The van der Waals surface area contributed by atoms with E-state index in [9.17, 15) is 0 Å². The third kappa shape index (κ3) is 3.38. The lowest BCUT2D eigenvalue weighted by molar-refractivity contribution is 0.339. The normalized spacial score (nSPS) is 10.4. The first-order chi connectivity index (χ1) is 8.29. The second-order valence-corrected chi connectivity index (χ2v) is 5.34. The van der Waals surface area contributed by atoms with E-state index in [-0.39, 0.29) is 0 Å². The van der Waals surface area contributed by atoms with Crippen molar-refractivity contribution >= 4 is 28.8 Å². The predicted molar refractivity (Wildman–Crippen MR) is 73.7 cm³/mol. The van der Waals surface area contributed by atoms with Gasteiger partial charge in [-0.15, -0.1) is 23.1 Å². The molecule has 0 aliphatic carbocycles. The van der Waals surface area contributed by atoms with Gasteiger partial charge in [-0.25, -0.2) is 4.98 Å². The molecule has 5 heteroatoms. The van der Waals surface area contributed by atoms with Crippen LogP contribution in [0.25, 0.3) is 0 Å². The first-order valence-corrected chi connectivity index (χ1v) is 7.19. The van der Waals surface area contributed by atoms with Gasteiger partial charge in [0.2, 0.25) is 0 Å². The average Bonchev–Trinajstić information content (AvgIpc) is 2.83. The van der Waals surface area contributed by atoms with Crippen molar-refractivity contribution < 1.29 is 4.74 Å². The topological polar surface area (TPSA) is 48.1 Å². The molecule has 1 aromatic heterocycles. The van der Waals surface area contributed by atoms with Crippen molar-refractivity contribution in [2.75, 3.05) is 12.3 Å². The van der Waals surface area contributed by atoms with Crippen LogP contribution in [0.2, 0.25) is 0 Å². The molecule has 3 nitrogen and oxygen atoms in total. The zero-order valence-electron chi connectivity index (χ0n) is 9.55. The minimum atomic E-state index is 0.667. The molecule has 0 aliphatic rings. The Balaban J connectivity index is 2.06. The van der Waals surface area contributed by atoms with Crippen molar-refractivity contribution in [1.29, 1.82) is 0 Å². The number of thiazole rings is 1. The lowest BCUT2D eigenvalue weighted by Crippen LogP contribution is -1.94. The van der Waals surface area contributed by atoms with Crippen LogP contribution in [0.5, 0.6) is 5.75 Å². The molecule has 0 fully saturated rings. The number of hydrogen-bond donors (Lipinski definition) is 1. The maximum atomic E-state index is 5.93. The van der Waals surface area contributed by atoms with Gasteiger partial charge in [0.1, 0.15) is 10.8 Å². The van der Waals surface area contributed by atoms with E-state index in [0.717, 1.165) is 27.1 Å². The summed E-state index contributed by atoms with van der Waals surface area (Å²) >= 11 is 3.35. The maximum absolute atomic E-state index is 5.93. The third-order valence-corrected chi connectivity index (χ3v) is 4.18. The highest BCUT2D eigenvalue weighted by molar-refractivity contribution is 7.98. The summed E-state index contributed by atoms with van der Waals surface area (Å²) in [6.07, 6.45) is 1.82.